The van der Waals surface area contributed by atoms with Crippen molar-refractivity contribution in [1.82, 2.24) is 9.97 Å². The van der Waals surface area contributed by atoms with Crippen molar-refractivity contribution >= 4 is 12.0 Å². The van der Waals surface area contributed by atoms with E-state index < -0.39 is 5.97 Å². The standard InChI is InChI=1S/C15H15N3O2/c1-20-14(19)6-5-12-9-17-15(18-10-12)13-4-2-3-11(7-13)8-16/h2-7,9-10H,8,16H2,1H3/b6-5+. The molecule has 0 spiro atoms. The number of hydrogen-bond donors (Lipinski definition) is 1. The predicted octanol–water partition coefficient (Wildman–Crippen LogP) is 1.79. The molecule has 1 heterocycles. The predicted molar refractivity (Wildman–Crippen MR) is 76.4 cm³/mol. The minimum absolute atomic E-state index is 0.412. The molecule has 0 saturated carbocycles. The molecule has 0 unspecified atom stereocenters. The van der Waals surface area contributed by atoms with Gasteiger partial charge in [-0.25, -0.2) is 14.8 Å². The fourth-order valence-corrected chi connectivity index (χ4v) is 1.64. The molecule has 5 heteroatoms. The summed E-state index contributed by atoms with van der Waals surface area (Å²) in [5, 5.41) is 0. The van der Waals surface area contributed by atoms with Crippen molar-refractivity contribution in [2.75, 3.05) is 7.11 Å². The van der Waals surface area contributed by atoms with Gasteiger partial charge in [0, 0.05) is 36.1 Å². The number of ether oxygens (including phenoxy) is 1. The zero-order valence-electron chi connectivity index (χ0n) is 11.1. The van der Waals surface area contributed by atoms with E-state index in [9.17, 15) is 4.79 Å². The largest absolute Gasteiger partial charge is 0.466 e. The van der Waals surface area contributed by atoms with Crippen LogP contribution in [0.2, 0.25) is 0 Å². The lowest BCUT2D eigenvalue weighted by Gasteiger charge is -2.02. The molecule has 2 rings (SSSR count). The summed E-state index contributed by atoms with van der Waals surface area (Å²) in [4.78, 5) is 19.5. The van der Waals surface area contributed by atoms with Crippen LogP contribution < -0.4 is 5.73 Å². The maximum Gasteiger partial charge on any atom is 0.330 e. The maximum absolute atomic E-state index is 11.0. The van der Waals surface area contributed by atoms with Crippen molar-refractivity contribution in [3.63, 3.8) is 0 Å². The molecule has 0 aliphatic heterocycles. The highest BCUT2D eigenvalue weighted by Gasteiger charge is 2.01. The van der Waals surface area contributed by atoms with Gasteiger partial charge in [0.05, 0.1) is 7.11 Å². The number of carbonyl (C=O) groups is 1. The molecule has 0 atom stereocenters. The van der Waals surface area contributed by atoms with Gasteiger partial charge in [-0.05, 0) is 17.7 Å². The molecule has 0 radical (unpaired) electrons. The van der Waals surface area contributed by atoms with E-state index in [1.54, 1.807) is 18.5 Å². The molecule has 0 aliphatic carbocycles. The second-order valence-corrected chi connectivity index (χ2v) is 4.10. The second-order valence-electron chi connectivity index (χ2n) is 4.10. The van der Waals surface area contributed by atoms with E-state index in [2.05, 4.69) is 14.7 Å². The number of carbonyl (C=O) groups excluding carboxylic acids is 1. The zero-order valence-corrected chi connectivity index (χ0v) is 11.1. The van der Waals surface area contributed by atoms with Crippen molar-refractivity contribution in [3.05, 3.63) is 53.9 Å². The van der Waals surface area contributed by atoms with Crippen LogP contribution in [0, 0.1) is 0 Å². The summed E-state index contributed by atoms with van der Waals surface area (Å²) >= 11 is 0. The number of benzene rings is 1. The van der Waals surface area contributed by atoms with Crippen LogP contribution >= 0.6 is 0 Å². The number of methoxy groups -OCH3 is 1. The number of aromatic nitrogens is 2. The third-order valence-electron chi connectivity index (χ3n) is 2.71. The summed E-state index contributed by atoms with van der Waals surface area (Å²) in [5.74, 6) is 0.209. The number of nitrogens with zero attached hydrogens (tertiary/aromatic N) is 2. The molecule has 1 aromatic carbocycles. The Morgan fingerprint density at radius 3 is 2.75 bits per heavy atom. The molecule has 2 aromatic rings. The lowest BCUT2D eigenvalue weighted by atomic mass is 10.1. The molecule has 0 saturated heterocycles. The van der Waals surface area contributed by atoms with E-state index >= 15 is 0 Å². The first kappa shape index (κ1) is 13.9. The number of hydrogen-bond acceptors (Lipinski definition) is 5. The Kier molecular flexibility index (Phi) is 4.57. The van der Waals surface area contributed by atoms with Crippen LogP contribution in [-0.4, -0.2) is 23.0 Å². The van der Waals surface area contributed by atoms with Gasteiger partial charge in [-0.3, -0.25) is 0 Å². The van der Waals surface area contributed by atoms with Crippen LogP contribution in [0.3, 0.4) is 0 Å². The quantitative estimate of drug-likeness (QED) is 0.676. The molecular formula is C15H15N3O2. The topological polar surface area (TPSA) is 78.1 Å². The Labute approximate surface area is 117 Å². The Balaban J connectivity index is 2.19. The maximum atomic E-state index is 11.0. The van der Waals surface area contributed by atoms with Crippen molar-refractivity contribution in [2.24, 2.45) is 5.73 Å². The highest BCUT2D eigenvalue weighted by atomic mass is 16.5. The van der Waals surface area contributed by atoms with Crippen molar-refractivity contribution < 1.29 is 9.53 Å². The van der Waals surface area contributed by atoms with E-state index in [1.807, 2.05) is 24.3 Å². The average molecular weight is 269 g/mol. The molecule has 2 N–H and O–H groups in total. The van der Waals surface area contributed by atoms with Crippen LogP contribution in [-0.2, 0) is 16.1 Å². The minimum Gasteiger partial charge on any atom is -0.466 e. The molecule has 1 aromatic heterocycles. The van der Waals surface area contributed by atoms with E-state index in [-0.39, 0.29) is 0 Å². The first-order chi connectivity index (χ1) is 9.72. The Morgan fingerprint density at radius 2 is 2.10 bits per heavy atom. The summed E-state index contributed by atoms with van der Waals surface area (Å²) in [6, 6.07) is 7.76. The molecular weight excluding hydrogens is 254 g/mol. The lowest BCUT2D eigenvalue weighted by molar-refractivity contribution is -0.134. The lowest BCUT2D eigenvalue weighted by Crippen LogP contribution is -1.97. The third kappa shape index (κ3) is 3.49. The SMILES string of the molecule is COC(=O)/C=C/c1cnc(-c2cccc(CN)c2)nc1. The van der Waals surface area contributed by atoms with Crippen molar-refractivity contribution in [1.29, 1.82) is 0 Å². The van der Waals surface area contributed by atoms with Gasteiger partial charge in [0.1, 0.15) is 0 Å². The van der Waals surface area contributed by atoms with Crippen LogP contribution in [0.25, 0.3) is 17.5 Å². The molecule has 5 nitrogen and oxygen atoms in total. The first-order valence-electron chi connectivity index (χ1n) is 6.10. The first-order valence-corrected chi connectivity index (χ1v) is 6.10. The summed E-state index contributed by atoms with van der Waals surface area (Å²) in [5.41, 5.74) is 8.28. The van der Waals surface area contributed by atoms with Gasteiger partial charge < -0.3 is 10.5 Å². The Hall–Kier alpha value is -2.53. The monoisotopic (exact) mass is 269 g/mol. The summed E-state index contributed by atoms with van der Waals surface area (Å²) in [6.45, 7) is 0.480. The summed E-state index contributed by atoms with van der Waals surface area (Å²) < 4.78 is 4.51. The number of nitrogens with two attached hydrogens (primary N) is 1. The van der Waals surface area contributed by atoms with Gasteiger partial charge in [-0.15, -0.1) is 0 Å². The molecule has 0 bridgehead atoms. The average Bonchev–Trinajstić information content (AvgIpc) is 2.53. The fraction of sp³-hybridized carbons (Fsp3) is 0.133. The van der Waals surface area contributed by atoms with Crippen molar-refractivity contribution in [2.45, 2.75) is 6.54 Å². The van der Waals surface area contributed by atoms with E-state index in [0.717, 1.165) is 16.7 Å². The normalized spacial score (nSPS) is 10.7. The second kappa shape index (κ2) is 6.58. The minimum atomic E-state index is -0.412. The molecule has 0 aliphatic rings. The van der Waals surface area contributed by atoms with Gasteiger partial charge >= 0.3 is 5.97 Å². The van der Waals surface area contributed by atoms with E-state index in [4.69, 9.17) is 5.73 Å². The fourth-order valence-electron chi connectivity index (χ4n) is 1.64. The summed E-state index contributed by atoms with van der Waals surface area (Å²) in [7, 11) is 1.33. The highest BCUT2D eigenvalue weighted by Crippen LogP contribution is 2.16. The van der Waals surface area contributed by atoms with Gasteiger partial charge in [-0.2, -0.15) is 0 Å². The summed E-state index contributed by atoms with van der Waals surface area (Å²) in [6.07, 6.45) is 6.23. The third-order valence-corrected chi connectivity index (χ3v) is 2.71. The van der Waals surface area contributed by atoms with Gasteiger partial charge in [0.15, 0.2) is 5.82 Å². The smallest absolute Gasteiger partial charge is 0.330 e. The van der Waals surface area contributed by atoms with Crippen LogP contribution in [0.15, 0.2) is 42.7 Å². The van der Waals surface area contributed by atoms with Gasteiger partial charge in [0.2, 0.25) is 0 Å². The van der Waals surface area contributed by atoms with E-state index in [0.29, 0.717) is 12.4 Å². The molecule has 20 heavy (non-hydrogen) atoms. The molecule has 102 valence electrons. The van der Waals surface area contributed by atoms with Crippen molar-refractivity contribution in [3.8, 4) is 11.4 Å². The van der Waals surface area contributed by atoms with Crippen LogP contribution in [0.4, 0.5) is 0 Å². The van der Waals surface area contributed by atoms with Crippen LogP contribution in [0.5, 0.6) is 0 Å². The van der Waals surface area contributed by atoms with Crippen LogP contribution in [0.1, 0.15) is 11.1 Å². The van der Waals surface area contributed by atoms with Gasteiger partial charge in [-0.1, -0.05) is 18.2 Å². The highest BCUT2D eigenvalue weighted by molar-refractivity contribution is 5.86. The Bertz CT molecular complexity index is 621. The Morgan fingerprint density at radius 1 is 1.35 bits per heavy atom. The molecule has 0 amide bonds. The van der Waals surface area contributed by atoms with Gasteiger partial charge in [0.25, 0.3) is 0 Å². The zero-order chi connectivity index (χ0) is 14.4. The number of rotatable bonds is 4. The molecule has 0 fully saturated rings. The number of esters is 1. The van der Waals surface area contributed by atoms with E-state index in [1.165, 1.54) is 13.2 Å².